The van der Waals surface area contributed by atoms with Crippen molar-refractivity contribution in [2.75, 3.05) is 33.8 Å². The number of aromatic nitrogens is 1. The zero-order chi connectivity index (χ0) is 27.2. The van der Waals surface area contributed by atoms with Gasteiger partial charge in [-0.05, 0) is 60.5 Å². The van der Waals surface area contributed by atoms with Crippen LogP contribution in [0.25, 0.3) is 0 Å². The maximum absolute atomic E-state index is 13.1. The molecular formula is C30H34N4O5. The summed E-state index contributed by atoms with van der Waals surface area (Å²) < 4.78 is 18.0. The van der Waals surface area contributed by atoms with Crippen LogP contribution in [-0.2, 0) is 33.9 Å². The van der Waals surface area contributed by atoms with Crippen LogP contribution in [0, 0.1) is 0 Å². The van der Waals surface area contributed by atoms with Gasteiger partial charge < -0.3 is 24.4 Å². The topological polar surface area (TPSA) is 93.2 Å². The van der Waals surface area contributed by atoms with Crippen molar-refractivity contribution in [3.63, 3.8) is 0 Å². The maximum atomic E-state index is 13.1. The highest BCUT2D eigenvalue weighted by Gasteiger charge is 2.37. The molecular weight excluding hydrogens is 496 g/mol. The van der Waals surface area contributed by atoms with E-state index in [2.05, 4.69) is 10.3 Å². The van der Waals surface area contributed by atoms with E-state index in [1.165, 1.54) is 0 Å². The van der Waals surface area contributed by atoms with Crippen molar-refractivity contribution in [2.45, 2.75) is 38.1 Å². The zero-order valence-corrected chi connectivity index (χ0v) is 22.3. The Morgan fingerprint density at radius 2 is 2.00 bits per heavy atom. The Hall–Kier alpha value is -3.95. The first kappa shape index (κ1) is 26.6. The molecule has 0 radical (unpaired) electrons. The second kappa shape index (κ2) is 12.3. The lowest BCUT2D eigenvalue weighted by Gasteiger charge is -2.23. The minimum Gasteiger partial charge on any atom is -0.493 e. The van der Waals surface area contributed by atoms with Gasteiger partial charge >= 0.3 is 0 Å². The average Bonchev–Trinajstić information content (AvgIpc) is 3.33. The number of likely N-dealkylation sites (N-methyl/N-ethyl adjacent to an activating group) is 1. The van der Waals surface area contributed by atoms with Gasteiger partial charge in [-0.15, -0.1) is 0 Å². The summed E-state index contributed by atoms with van der Waals surface area (Å²) >= 11 is 0. The summed E-state index contributed by atoms with van der Waals surface area (Å²) in [4.78, 5) is 33.9. The van der Waals surface area contributed by atoms with Gasteiger partial charge in [-0.3, -0.25) is 19.5 Å². The smallest absolute Gasteiger partial charge is 0.234 e. The van der Waals surface area contributed by atoms with Crippen LogP contribution in [0.5, 0.6) is 17.2 Å². The number of carbonyl (C=O) groups excluding carboxylic acids is 2. The van der Waals surface area contributed by atoms with E-state index in [9.17, 15) is 9.59 Å². The molecule has 4 bridgehead atoms. The molecule has 2 aliphatic rings. The summed E-state index contributed by atoms with van der Waals surface area (Å²) in [5, 5.41) is 3.13. The number of methoxy groups -OCH3 is 1. The monoisotopic (exact) mass is 530 g/mol. The molecule has 2 atom stereocenters. The molecule has 204 valence electrons. The molecule has 1 aromatic heterocycles. The number of likely N-dealkylation sites (tertiary alicyclic amines) is 1. The van der Waals surface area contributed by atoms with Crippen LogP contribution < -0.4 is 14.8 Å². The second-order valence-electron chi connectivity index (χ2n) is 10.1. The van der Waals surface area contributed by atoms with Crippen molar-refractivity contribution in [1.82, 2.24) is 20.1 Å². The fourth-order valence-corrected chi connectivity index (χ4v) is 5.03. The summed E-state index contributed by atoms with van der Waals surface area (Å²) in [6.07, 6.45) is 4.17. The number of amides is 2. The van der Waals surface area contributed by atoms with E-state index in [-0.39, 0.29) is 30.5 Å². The lowest BCUT2D eigenvalue weighted by atomic mass is 10.1. The summed E-state index contributed by atoms with van der Waals surface area (Å²) in [7, 11) is 3.51. The average molecular weight is 531 g/mol. The van der Waals surface area contributed by atoms with E-state index in [4.69, 9.17) is 14.2 Å². The normalized spacial score (nSPS) is 20.1. The first-order valence-corrected chi connectivity index (χ1v) is 13.2. The largest absolute Gasteiger partial charge is 0.493 e. The summed E-state index contributed by atoms with van der Waals surface area (Å²) in [5.41, 5.74) is 2.95. The van der Waals surface area contributed by atoms with E-state index in [1.54, 1.807) is 24.4 Å². The standard InChI is InChI=1S/C30H34N4O5/c1-33-16-22-8-10-26(37-2)27(14-22)39-24-7-3-5-23(13-24)20-38-28-18-34(17-25(28)32-29(35)19-33)30(36)11-9-21-6-4-12-31-15-21/h3-8,10,12-15,25,28H,9,11,16-20H2,1-2H3,(H,32,35)/t25-,28-/m0/s1. The number of rotatable bonds is 4. The highest BCUT2D eigenvalue weighted by atomic mass is 16.5. The van der Waals surface area contributed by atoms with Crippen molar-refractivity contribution in [1.29, 1.82) is 0 Å². The molecule has 5 rings (SSSR count). The number of nitrogens with zero attached hydrogens (tertiary/aromatic N) is 3. The molecule has 9 nitrogen and oxygen atoms in total. The number of hydrogen-bond acceptors (Lipinski definition) is 7. The van der Waals surface area contributed by atoms with Gasteiger partial charge in [0.25, 0.3) is 0 Å². The number of pyridine rings is 1. The van der Waals surface area contributed by atoms with Crippen LogP contribution in [0.15, 0.2) is 67.0 Å². The third-order valence-electron chi connectivity index (χ3n) is 7.00. The lowest BCUT2D eigenvalue weighted by molar-refractivity contribution is -0.130. The molecule has 2 aliphatic heterocycles. The molecule has 9 heteroatoms. The molecule has 0 aliphatic carbocycles. The lowest BCUT2D eigenvalue weighted by Crippen LogP contribution is -2.47. The molecule has 2 aromatic carbocycles. The summed E-state index contributed by atoms with van der Waals surface area (Å²) in [5.74, 6) is 1.84. The van der Waals surface area contributed by atoms with E-state index in [0.717, 1.165) is 16.7 Å². The highest BCUT2D eigenvalue weighted by Crippen LogP contribution is 2.33. The van der Waals surface area contributed by atoms with Crippen LogP contribution >= 0.6 is 0 Å². The number of fused-ring (bicyclic) bond motifs is 5. The fraction of sp³-hybridized carbons (Fsp3) is 0.367. The minimum atomic E-state index is -0.327. The van der Waals surface area contributed by atoms with Crippen LogP contribution in [0.2, 0.25) is 0 Å². The third kappa shape index (κ3) is 6.93. The predicted molar refractivity (Wildman–Crippen MR) is 145 cm³/mol. The Labute approximate surface area is 228 Å². The molecule has 1 fully saturated rings. The van der Waals surface area contributed by atoms with Crippen molar-refractivity contribution in [3.8, 4) is 17.2 Å². The van der Waals surface area contributed by atoms with Crippen molar-refractivity contribution < 1.29 is 23.8 Å². The van der Waals surface area contributed by atoms with Crippen LogP contribution in [-0.4, -0.2) is 72.5 Å². The van der Waals surface area contributed by atoms with E-state index < -0.39 is 0 Å². The number of aryl methyl sites for hydroxylation is 1. The fourth-order valence-electron chi connectivity index (χ4n) is 5.03. The van der Waals surface area contributed by atoms with Gasteiger partial charge in [0.15, 0.2) is 11.5 Å². The van der Waals surface area contributed by atoms with Crippen LogP contribution in [0.4, 0.5) is 0 Å². The SMILES string of the molecule is COc1ccc2cc1Oc1cccc(c1)CO[C@H]1CN(C(=O)CCc3cccnc3)C[C@@H]1NC(=O)CN(C)C2. The van der Waals surface area contributed by atoms with Crippen molar-refractivity contribution in [2.24, 2.45) is 0 Å². The Balaban J connectivity index is 1.33. The quantitative estimate of drug-likeness (QED) is 0.554. The van der Waals surface area contributed by atoms with E-state index in [1.807, 2.05) is 66.5 Å². The van der Waals surface area contributed by atoms with E-state index in [0.29, 0.717) is 56.3 Å². The number of nitrogens with one attached hydrogen (secondary N) is 1. The Kier molecular flexibility index (Phi) is 8.39. The summed E-state index contributed by atoms with van der Waals surface area (Å²) in [6, 6.07) is 17.0. The molecule has 0 spiro atoms. The molecule has 2 amide bonds. The van der Waals surface area contributed by atoms with Gasteiger partial charge in [-0.25, -0.2) is 0 Å². The van der Waals surface area contributed by atoms with E-state index >= 15 is 0 Å². The van der Waals surface area contributed by atoms with Gasteiger partial charge in [0.05, 0.1) is 32.4 Å². The summed E-state index contributed by atoms with van der Waals surface area (Å²) in [6.45, 7) is 1.92. The van der Waals surface area contributed by atoms with Crippen LogP contribution in [0.1, 0.15) is 23.1 Å². The van der Waals surface area contributed by atoms with Crippen molar-refractivity contribution in [3.05, 3.63) is 83.7 Å². The molecule has 3 aromatic rings. The molecule has 1 N–H and O–H groups in total. The van der Waals surface area contributed by atoms with Gasteiger partial charge in [0, 0.05) is 38.4 Å². The molecule has 0 unspecified atom stereocenters. The highest BCUT2D eigenvalue weighted by molar-refractivity contribution is 5.79. The molecule has 3 heterocycles. The third-order valence-corrected chi connectivity index (χ3v) is 7.00. The number of hydrogen-bond donors (Lipinski definition) is 1. The first-order valence-electron chi connectivity index (χ1n) is 13.2. The first-order chi connectivity index (χ1) is 19.0. The minimum absolute atomic E-state index is 0.0378. The Morgan fingerprint density at radius 1 is 1.10 bits per heavy atom. The van der Waals surface area contributed by atoms with Crippen molar-refractivity contribution >= 4 is 11.8 Å². The zero-order valence-electron chi connectivity index (χ0n) is 22.3. The number of carbonyl (C=O) groups is 2. The van der Waals surface area contributed by atoms with Gasteiger partial charge in [0.2, 0.25) is 11.8 Å². The Bertz CT molecular complexity index is 1300. The molecule has 0 saturated carbocycles. The maximum Gasteiger partial charge on any atom is 0.234 e. The van der Waals surface area contributed by atoms with Gasteiger partial charge in [-0.1, -0.05) is 24.3 Å². The molecule has 1 saturated heterocycles. The molecule has 39 heavy (non-hydrogen) atoms. The Morgan fingerprint density at radius 3 is 2.82 bits per heavy atom. The number of ether oxygens (including phenoxy) is 3. The van der Waals surface area contributed by atoms with Gasteiger partial charge in [-0.2, -0.15) is 0 Å². The predicted octanol–water partition coefficient (Wildman–Crippen LogP) is 3.17. The van der Waals surface area contributed by atoms with Gasteiger partial charge in [0.1, 0.15) is 5.75 Å². The second-order valence-corrected chi connectivity index (χ2v) is 10.1. The number of benzene rings is 2. The van der Waals surface area contributed by atoms with Crippen LogP contribution in [0.3, 0.4) is 0 Å².